The lowest BCUT2D eigenvalue weighted by molar-refractivity contribution is -0.671. The second-order valence-electron chi connectivity index (χ2n) is 13.4. The molecule has 8 bridgehead atoms. The molecule has 0 fully saturated rings. The van der Waals surface area contributed by atoms with Crippen molar-refractivity contribution in [1.29, 1.82) is 0 Å². The van der Waals surface area contributed by atoms with E-state index < -0.39 is 0 Å². The summed E-state index contributed by atoms with van der Waals surface area (Å²) in [5.74, 6) is 0. The van der Waals surface area contributed by atoms with E-state index in [2.05, 4.69) is 184 Å². The van der Waals surface area contributed by atoms with Gasteiger partial charge in [0.05, 0.1) is 22.8 Å². The fourth-order valence-corrected chi connectivity index (χ4v) is 8.26. The molecule has 1 N–H and O–H groups in total. The first kappa shape index (κ1) is 31.6. The lowest BCUT2D eigenvalue weighted by atomic mass is 10.1. The van der Waals surface area contributed by atoms with Gasteiger partial charge in [-0.15, -0.1) is 11.3 Å². The molecule has 0 aromatic carbocycles. The highest BCUT2D eigenvalue weighted by Gasteiger charge is 2.20. The van der Waals surface area contributed by atoms with Crippen LogP contribution in [0.3, 0.4) is 0 Å². The van der Waals surface area contributed by atoms with Crippen LogP contribution in [0.4, 0.5) is 0 Å². The van der Waals surface area contributed by atoms with Gasteiger partial charge in [-0.05, 0) is 71.8 Å². The summed E-state index contributed by atoms with van der Waals surface area (Å²) < 4.78 is 10.6. The van der Waals surface area contributed by atoms with Crippen LogP contribution in [0, 0.1) is 0 Å². The van der Waals surface area contributed by atoms with Gasteiger partial charge in [-0.2, -0.15) is 0 Å². The van der Waals surface area contributed by atoms with E-state index >= 15 is 0 Å². The first-order chi connectivity index (χ1) is 25.4. The lowest BCUT2D eigenvalue weighted by Gasteiger charge is -2.05. The van der Waals surface area contributed by atoms with Crippen LogP contribution in [-0.2, 0) is 28.2 Å². The average molecular weight is 696 g/mol. The van der Waals surface area contributed by atoms with E-state index in [0.29, 0.717) is 0 Å². The van der Waals surface area contributed by atoms with Gasteiger partial charge >= 0.3 is 0 Å². The van der Waals surface area contributed by atoms with Crippen molar-refractivity contribution in [2.45, 2.75) is 0 Å². The van der Waals surface area contributed by atoms with Crippen molar-refractivity contribution in [2.24, 2.45) is 28.2 Å². The quantitative estimate of drug-likeness (QED) is 0.196. The second-order valence-corrected chi connectivity index (χ2v) is 14.5. The number of aromatic nitrogens is 7. The van der Waals surface area contributed by atoms with E-state index in [4.69, 9.17) is 9.97 Å². The van der Waals surface area contributed by atoms with Gasteiger partial charge in [0, 0.05) is 90.2 Å². The smallest absolute Gasteiger partial charge is 0.176 e. The third-order valence-corrected chi connectivity index (χ3v) is 10.7. The summed E-state index contributed by atoms with van der Waals surface area (Å²) in [6.45, 7) is 0. The summed E-state index contributed by atoms with van der Waals surface area (Å²) in [5.41, 5.74) is 14.3. The standard InChI is InChI=1S/C44H36N7S/c1-48-23-17-29(18-24-48)41-33-9-10-35(45-33)42(31-7-5-21-50(3)27-31)36-12-14-38(47-36)44(32-8-6-22-51(4)28-32)40-16-15-39(52-40)43(37-13-11-34(41)46-37)30-19-25-49(2)26-20-30/h5-28H,1-4H3/q+3/p+1. The van der Waals surface area contributed by atoms with Gasteiger partial charge < -0.3 is 4.98 Å². The van der Waals surface area contributed by atoms with Crippen LogP contribution in [0.25, 0.3) is 89.2 Å². The molecule has 0 aliphatic carbocycles. The average Bonchev–Trinajstić information content (AvgIpc) is 3.98. The minimum absolute atomic E-state index is 0.905. The predicted molar refractivity (Wildman–Crippen MR) is 209 cm³/mol. The minimum atomic E-state index is 0.905. The molecule has 0 saturated heterocycles. The second kappa shape index (κ2) is 12.7. The molecule has 52 heavy (non-hydrogen) atoms. The van der Waals surface area contributed by atoms with Crippen LogP contribution in [0.15, 0.2) is 122 Å². The first-order valence-electron chi connectivity index (χ1n) is 17.3. The Kier molecular flexibility index (Phi) is 7.74. The molecule has 250 valence electrons. The van der Waals surface area contributed by atoms with Crippen molar-refractivity contribution in [2.75, 3.05) is 0 Å². The van der Waals surface area contributed by atoms with Gasteiger partial charge in [0.15, 0.2) is 49.6 Å². The Hall–Kier alpha value is -6.38. The molecule has 7 aromatic heterocycles. The summed E-state index contributed by atoms with van der Waals surface area (Å²) in [4.78, 5) is 14.7. The molecular weight excluding hydrogens is 659 g/mol. The van der Waals surface area contributed by atoms with Crippen LogP contribution in [-0.4, -0.2) is 15.0 Å². The molecule has 0 atom stereocenters. The van der Waals surface area contributed by atoms with Crippen molar-refractivity contribution in [3.63, 3.8) is 0 Å². The number of hydrogen-bond acceptors (Lipinski definition) is 3. The largest absolute Gasteiger partial charge is 0.354 e. The molecule has 9 rings (SSSR count). The zero-order chi connectivity index (χ0) is 35.3. The summed E-state index contributed by atoms with van der Waals surface area (Å²) in [5, 5.41) is 0. The number of nitrogens with one attached hydrogen (secondary N) is 1. The summed E-state index contributed by atoms with van der Waals surface area (Å²) in [7, 11) is 8.20. The fraction of sp³-hybridized carbons (Fsp3) is 0.0909. The molecule has 2 aliphatic heterocycles. The van der Waals surface area contributed by atoms with Crippen molar-refractivity contribution in [3.8, 4) is 44.5 Å². The molecule has 0 spiro atoms. The highest BCUT2D eigenvalue weighted by Crippen LogP contribution is 2.40. The normalized spacial score (nSPS) is 12.1. The fourth-order valence-electron chi connectivity index (χ4n) is 7.10. The Morgan fingerprint density at radius 1 is 0.423 bits per heavy atom. The number of pyridine rings is 4. The molecular formula is C44H37N7S+4. The van der Waals surface area contributed by atoms with Crippen LogP contribution in [0.1, 0.15) is 22.8 Å². The number of aryl methyl sites for hydroxylation is 4. The zero-order valence-electron chi connectivity index (χ0n) is 29.4. The zero-order valence-corrected chi connectivity index (χ0v) is 30.3. The number of H-pyrrole nitrogens is 1. The van der Waals surface area contributed by atoms with Crippen molar-refractivity contribution < 1.29 is 18.3 Å². The molecule has 0 amide bonds. The van der Waals surface area contributed by atoms with Gasteiger partial charge in [0.1, 0.15) is 28.2 Å². The van der Waals surface area contributed by atoms with E-state index in [1.807, 2.05) is 14.1 Å². The maximum atomic E-state index is 5.43. The molecule has 0 unspecified atom stereocenters. The maximum Gasteiger partial charge on any atom is 0.176 e. The molecule has 0 radical (unpaired) electrons. The van der Waals surface area contributed by atoms with Crippen LogP contribution in [0.2, 0.25) is 0 Å². The highest BCUT2D eigenvalue weighted by molar-refractivity contribution is 7.24. The van der Waals surface area contributed by atoms with E-state index in [0.717, 1.165) is 87.7 Å². The maximum absolute atomic E-state index is 5.43. The van der Waals surface area contributed by atoms with E-state index in [1.165, 1.54) is 0 Å². The third-order valence-electron chi connectivity index (χ3n) is 9.62. The topological polar surface area (TPSA) is 57.1 Å². The predicted octanol–water partition coefficient (Wildman–Crippen LogP) is 7.36. The van der Waals surface area contributed by atoms with E-state index in [9.17, 15) is 0 Å². The number of thiophene rings is 1. The monoisotopic (exact) mass is 695 g/mol. The van der Waals surface area contributed by atoms with E-state index in [-0.39, 0.29) is 0 Å². The summed E-state index contributed by atoms with van der Waals surface area (Å²) in [6.07, 6.45) is 25.4. The van der Waals surface area contributed by atoms with Crippen molar-refractivity contribution in [1.82, 2.24) is 15.0 Å². The van der Waals surface area contributed by atoms with Gasteiger partial charge in [-0.25, -0.2) is 28.2 Å². The van der Waals surface area contributed by atoms with Gasteiger partial charge in [-0.1, -0.05) is 0 Å². The Labute approximate surface area is 306 Å². The Bertz CT molecular complexity index is 2580. The highest BCUT2D eigenvalue weighted by atomic mass is 32.1. The van der Waals surface area contributed by atoms with Gasteiger partial charge in [0.25, 0.3) is 0 Å². The minimum Gasteiger partial charge on any atom is -0.354 e. The van der Waals surface area contributed by atoms with Crippen LogP contribution in [0.5, 0.6) is 0 Å². The number of fused-ring (bicyclic) bond motifs is 8. The van der Waals surface area contributed by atoms with Crippen molar-refractivity contribution in [3.05, 3.63) is 145 Å². The molecule has 7 nitrogen and oxygen atoms in total. The van der Waals surface area contributed by atoms with Crippen LogP contribution < -0.4 is 18.3 Å². The SMILES string of the molecule is C[n+]1ccc(-c2c3nc(c(-c4cc[n+](C)cc4)c4ccc(s4)c(-c4ccc[n+](C)c4)c4nc(c(-c5ccc[n+](C)c5)c5ccc2[nH]5)C=C4)C=C3)cc1. The third kappa shape index (κ3) is 5.73. The number of aromatic amines is 1. The molecule has 0 saturated carbocycles. The van der Waals surface area contributed by atoms with Gasteiger partial charge in [0.2, 0.25) is 0 Å². The first-order valence-corrected chi connectivity index (χ1v) is 18.1. The summed E-state index contributed by atoms with van der Waals surface area (Å²) >= 11 is 1.78. The Morgan fingerprint density at radius 3 is 1.31 bits per heavy atom. The summed E-state index contributed by atoms with van der Waals surface area (Å²) in [6, 6.07) is 26.0. The lowest BCUT2D eigenvalue weighted by Crippen LogP contribution is -2.26. The molecule has 9 heterocycles. The Morgan fingerprint density at radius 2 is 0.827 bits per heavy atom. The molecule has 7 aromatic rings. The number of hydrogen-bond donors (Lipinski definition) is 1. The van der Waals surface area contributed by atoms with Crippen LogP contribution >= 0.6 is 11.3 Å². The molecule has 8 heteroatoms. The Balaban J connectivity index is 1.48. The van der Waals surface area contributed by atoms with Crippen molar-refractivity contribution >= 4 is 56.1 Å². The molecule has 2 aliphatic rings. The van der Waals surface area contributed by atoms with Gasteiger partial charge in [-0.3, -0.25) is 0 Å². The van der Waals surface area contributed by atoms with E-state index in [1.54, 1.807) is 11.3 Å². The number of nitrogens with zero attached hydrogens (tertiary/aromatic N) is 6. The number of rotatable bonds is 4.